The van der Waals surface area contributed by atoms with Crippen LogP contribution in [0.25, 0.3) is 0 Å². The van der Waals surface area contributed by atoms with Crippen LogP contribution in [0, 0.1) is 5.92 Å². The van der Waals surface area contributed by atoms with Crippen LogP contribution < -0.4 is 5.48 Å². The average Bonchev–Trinajstić information content (AvgIpc) is 2.18. The van der Waals surface area contributed by atoms with E-state index >= 15 is 0 Å². The standard InChI is InChI=1S/C11H15Cl2NO/c1-8(2)7-15-14-6-9-3-4-10(12)11(13)5-9/h3-5,8,14H,6-7H2,1-2H3. The minimum atomic E-state index is 0.520. The first-order valence-corrected chi connectivity index (χ1v) is 5.63. The Morgan fingerprint density at radius 3 is 2.60 bits per heavy atom. The van der Waals surface area contributed by atoms with Crippen LogP contribution in [0.4, 0.5) is 0 Å². The van der Waals surface area contributed by atoms with E-state index in [1.165, 1.54) is 0 Å². The van der Waals surface area contributed by atoms with E-state index < -0.39 is 0 Å². The highest BCUT2D eigenvalue weighted by atomic mass is 35.5. The summed E-state index contributed by atoms with van der Waals surface area (Å²) in [6, 6.07) is 5.53. The lowest BCUT2D eigenvalue weighted by atomic mass is 10.2. The van der Waals surface area contributed by atoms with E-state index in [1.807, 2.05) is 12.1 Å². The second kappa shape index (κ2) is 6.33. The van der Waals surface area contributed by atoms with Gasteiger partial charge in [0.2, 0.25) is 0 Å². The Balaban J connectivity index is 2.35. The van der Waals surface area contributed by atoms with Gasteiger partial charge in [0.15, 0.2) is 0 Å². The van der Waals surface area contributed by atoms with Crippen LogP contribution in [-0.4, -0.2) is 6.61 Å². The van der Waals surface area contributed by atoms with Crippen molar-refractivity contribution in [1.29, 1.82) is 0 Å². The molecule has 0 saturated carbocycles. The van der Waals surface area contributed by atoms with E-state index in [9.17, 15) is 0 Å². The molecule has 0 fully saturated rings. The number of hydrogen-bond acceptors (Lipinski definition) is 2. The molecule has 0 aromatic heterocycles. The first-order valence-electron chi connectivity index (χ1n) is 4.88. The summed E-state index contributed by atoms with van der Waals surface area (Å²) >= 11 is 11.7. The predicted molar refractivity (Wildman–Crippen MR) is 64.1 cm³/mol. The summed E-state index contributed by atoms with van der Waals surface area (Å²) in [7, 11) is 0. The molecule has 0 spiro atoms. The number of halogens is 2. The molecular weight excluding hydrogens is 233 g/mol. The van der Waals surface area contributed by atoms with Crippen LogP contribution in [0.5, 0.6) is 0 Å². The molecular formula is C11H15Cl2NO. The Bertz CT molecular complexity index is 315. The highest BCUT2D eigenvalue weighted by Gasteiger charge is 1.99. The second-order valence-electron chi connectivity index (χ2n) is 3.77. The minimum absolute atomic E-state index is 0.520. The molecule has 0 saturated heterocycles. The van der Waals surface area contributed by atoms with Gasteiger partial charge in [-0.25, -0.2) is 0 Å². The van der Waals surface area contributed by atoms with Crippen molar-refractivity contribution in [2.75, 3.05) is 6.61 Å². The molecule has 0 bridgehead atoms. The lowest BCUT2D eigenvalue weighted by Crippen LogP contribution is -2.17. The van der Waals surface area contributed by atoms with Crippen LogP contribution in [-0.2, 0) is 11.4 Å². The first kappa shape index (κ1) is 12.8. The topological polar surface area (TPSA) is 21.3 Å². The number of hydrogen-bond donors (Lipinski definition) is 1. The Hall–Kier alpha value is -0.280. The van der Waals surface area contributed by atoms with E-state index in [2.05, 4.69) is 19.3 Å². The number of rotatable bonds is 5. The molecule has 0 aliphatic carbocycles. The van der Waals surface area contributed by atoms with Crippen molar-refractivity contribution in [3.8, 4) is 0 Å². The van der Waals surface area contributed by atoms with Gasteiger partial charge in [0.25, 0.3) is 0 Å². The molecule has 0 unspecified atom stereocenters. The van der Waals surface area contributed by atoms with Crippen LogP contribution in [0.3, 0.4) is 0 Å². The third-order valence-corrected chi connectivity index (χ3v) is 2.52. The second-order valence-corrected chi connectivity index (χ2v) is 4.59. The zero-order valence-electron chi connectivity index (χ0n) is 8.89. The molecule has 0 atom stereocenters. The van der Waals surface area contributed by atoms with Crippen molar-refractivity contribution < 1.29 is 4.84 Å². The predicted octanol–water partition coefficient (Wildman–Crippen LogP) is 3.67. The normalized spacial score (nSPS) is 11.0. The van der Waals surface area contributed by atoms with Gasteiger partial charge in [0.1, 0.15) is 0 Å². The molecule has 0 radical (unpaired) electrons. The molecule has 2 nitrogen and oxygen atoms in total. The van der Waals surface area contributed by atoms with Crippen LogP contribution in [0.15, 0.2) is 18.2 Å². The van der Waals surface area contributed by atoms with Gasteiger partial charge in [-0.05, 0) is 23.6 Å². The van der Waals surface area contributed by atoms with Crippen LogP contribution >= 0.6 is 23.2 Å². The third-order valence-electron chi connectivity index (χ3n) is 1.78. The van der Waals surface area contributed by atoms with Gasteiger partial charge in [-0.2, -0.15) is 5.48 Å². The number of benzene rings is 1. The highest BCUT2D eigenvalue weighted by molar-refractivity contribution is 6.41. The van der Waals surface area contributed by atoms with Gasteiger partial charge in [-0.1, -0.05) is 43.1 Å². The summed E-state index contributed by atoms with van der Waals surface area (Å²) in [5.41, 5.74) is 3.93. The molecule has 4 heteroatoms. The monoisotopic (exact) mass is 247 g/mol. The van der Waals surface area contributed by atoms with Gasteiger partial charge in [-0.3, -0.25) is 0 Å². The lowest BCUT2D eigenvalue weighted by Gasteiger charge is -2.08. The van der Waals surface area contributed by atoms with E-state index in [4.69, 9.17) is 28.0 Å². The van der Waals surface area contributed by atoms with Crippen molar-refractivity contribution in [3.63, 3.8) is 0 Å². The fraction of sp³-hybridized carbons (Fsp3) is 0.455. The fourth-order valence-electron chi connectivity index (χ4n) is 1.01. The maximum absolute atomic E-state index is 5.88. The molecule has 1 rings (SSSR count). The molecule has 0 heterocycles. The summed E-state index contributed by atoms with van der Waals surface area (Å²) in [6.07, 6.45) is 0. The van der Waals surface area contributed by atoms with Gasteiger partial charge in [0.05, 0.1) is 16.7 Å². The molecule has 0 aliphatic heterocycles. The first-order chi connectivity index (χ1) is 7.09. The van der Waals surface area contributed by atoms with Gasteiger partial charge in [-0.15, -0.1) is 0 Å². The van der Waals surface area contributed by atoms with E-state index in [1.54, 1.807) is 6.07 Å². The highest BCUT2D eigenvalue weighted by Crippen LogP contribution is 2.22. The Morgan fingerprint density at radius 1 is 1.27 bits per heavy atom. The summed E-state index contributed by atoms with van der Waals surface area (Å²) in [5, 5.41) is 1.14. The minimum Gasteiger partial charge on any atom is -0.301 e. The van der Waals surface area contributed by atoms with E-state index in [0.717, 1.165) is 5.56 Å². The zero-order chi connectivity index (χ0) is 11.3. The maximum atomic E-state index is 5.88. The quantitative estimate of drug-likeness (QED) is 0.634. The molecule has 1 aromatic rings. The summed E-state index contributed by atoms with van der Waals surface area (Å²) in [4.78, 5) is 5.24. The Morgan fingerprint density at radius 2 is 2.00 bits per heavy atom. The third kappa shape index (κ3) is 4.85. The van der Waals surface area contributed by atoms with Crippen molar-refractivity contribution in [2.24, 2.45) is 5.92 Å². The molecule has 1 N–H and O–H groups in total. The SMILES string of the molecule is CC(C)CONCc1ccc(Cl)c(Cl)c1. The summed E-state index contributed by atoms with van der Waals surface area (Å²) in [6.45, 7) is 5.52. The fourth-order valence-corrected chi connectivity index (χ4v) is 1.33. The van der Waals surface area contributed by atoms with Gasteiger partial charge in [0, 0.05) is 6.54 Å². The van der Waals surface area contributed by atoms with Crippen molar-refractivity contribution >= 4 is 23.2 Å². The van der Waals surface area contributed by atoms with Crippen molar-refractivity contribution in [2.45, 2.75) is 20.4 Å². The van der Waals surface area contributed by atoms with Gasteiger partial charge >= 0.3 is 0 Å². The largest absolute Gasteiger partial charge is 0.301 e. The molecule has 0 aliphatic rings. The van der Waals surface area contributed by atoms with Crippen molar-refractivity contribution in [1.82, 2.24) is 5.48 Å². The zero-order valence-corrected chi connectivity index (χ0v) is 10.4. The summed E-state index contributed by atoms with van der Waals surface area (Å²) < 4.78 is 0. The number of nitrogens with one attached hydrogen (secondary N) is 1. The lowest BCUT2D eigenvalue weighted by molar-refractivity contribution is 0.0196. The molecule has 1 aromatic carbocycles. The van der Waals surface area contributed by atoms with Gasteiger partial charge < -0.3 is 4.84 Å². The Labute approximate surface area is 100 Å². The maximum Gasteiger partial charge on any atom is 0.0705 e. The molecule has 15 heavy (non-hydrogen) atoms. The van der Waals surface area contributed by atoms with E-state index in [0.29, 0.717) is 29.1 Å². The Kier molecular flexibility index (Phi) is 5.40. The van der Waals surface area contributed by atoms with Crippen molar-refractivity contribution in [3.05, 3.63) is 33.8 Å². The van der Waals surface area contributed by atoms with E-state index in [-0.39, 0.29) is 0 Å². The van der Waals surface area contributed by atoms with Crippen LogP contribution in [0.2, 0.25) is 10.0 Å². The smallest absolute Gasteiger partial charge is 0.0705 e. The average molecular weight is 248 g/mol. The number of hydroxylamine groups is 1. The molecule has 84 valence electrons. The summed E-state index contributed by atoms with van der Waals surface area (Å²) in [5.74, 6) is 0.520. The van der Waals surface area contributed by atoms with Crippen LogP contribution in [0.1, 0.15) is 19.4 Å². The molecule has 0 amide bonds.